The molecule has 1 N–H and O–H groups in total. The summed E-state index contributed by atoms with van der Waals surface area (Å²) in [4.78, 5) is 10.9. The largest absolute Gasteiger partial charge is 0.356 e. The van der Waals surface area contributed by atoms with E-state index in [9.17, 15) is 0 Å². The predicted molar refractivity (Wildman–Crippen MR) is 74.0 cm³/mol. The molecule has 100 valence electrons. The van der Waals surface area contributed by atoms with E-state index in [2.05, 4.69) is 37.2 Å². The highest BCUT2D eigenvalue weighted by Crippen LogP contribution is 2.23. The van der Waals surface area contributed by atoms with E-state index in [1.165, 1.54) is 18.5 Å². The van der Waals surface area contributed by atoms with Gasteiger partial charge in [-0.2, -0.15) is 5.10 Å². The summed E-state index contributed by atoms with van der Waals surface area (Å²) in [5.74, 6) is 1.73. The van der Waals surface area contributed by atoms with Crippen LogP contribution in [0.25, 0.3) is 0 Å². The second kappa shape index (κ2) is 5.38. The smallest absolute Gasteiger partial charge is 0.132 e. The van der Waals surface area contributed by atoms with Gasteiger partial charge in [-0.3, -0.25) is 5.10 Å². The summed E-state index contributed by atoms with van der Waals surface area (Å²) in [6, 6.07) is 4.13. The Morgan fingerprint density at radius 3 is 3.16 bits per heavy atom. The van der Waals surface area contributed by atoms with Crippen LogP contribution in [0, 0.1) is 12.8 Å². The lowest BCUT2D eigenvalue weighted by Gasteiger charge is -2.33. The number of rotatable bonds is 3. The van der Waals surface area contributed by atoms with Crippen molar-refractivity contribution in [3.63, 3.8) is 0 Å². The highest BCUT2D eigenvalue weighted by molar-refractivity contribution is 5.39. The molecular weight excluding hydrogens is 238 g/mol. The minimum absolute atomic E-state index is 0.671. The van der Waals surface area contributed by atoms with E-state index in [4.69, 9.17) is 0 Å². The Bertz CT molecular complexity index is 522. The van der Waals surface area contributed by atoms with Crippen LogP contribution in [-0.4, -0.2) is 33.3 Å². The van der Waals surface area contributed by atoms with Crippen molar-refractivity contribution in [3.8, 4) is 0 Å². The van der Waals surface area contributed by atoms with Crippen molar-refractivity contribution in [1.29, 1.82) is 0 Å². The zero-order chi connectivity index (χ0) is 13.1. The molecule has 3 rings (SSSR count). The molecule has 5 nitrogen and oxygen atoms in total. The lowest BCUT2D eigenvalue weighted by atomic mass is 9.93. The van der Waals surface area contributed by atoms with Crippen LogP contribution in [0.15, 0.2) is 24.7 Å². The summed E-state index contributed by atoms with van der Waals surface area (Å²) in [6.45, 7) is 4.17. The first kappa shape index (κ1) is 12.1. The fraction of sp³-hybridized carbons (Fsp3) is 0.500. The van der Waals surface area contributed by atoms with Crippen molar-refractivity contribution < 1.29 is 0 Å². The normalized spacial score (nSPS) is 19.6. The van der Waals surface area contributed by atoms with Crippen LogP contribution in [0.4, 0.5) is 5.82 Å². The number of piperidine rings is 1. The number of nitrogens with one attached hydrogen (secondary N) is 1. The number of anilines is 1. The molecule has 1 fully saturated rings. The van der Waals surface area contributed by atoms with Gasteiger partial charge in [-0.25, -0.2) is 9.97 Å². The van der Waals surface area contributed by atoms with Crippen LogP contribution < -0.4 is 4.90 Å². The van der Waals surface area contributed by atoms with E-state index < -0.39 is 0 Å². The molecule has 2 aromatic heterocycles. The quantitative estimate of drug-likeness (QED) is 0.913. The van der Waals surface area contributed by atoms with Gasteiger partial charge in [0.05, 0.1) is 0 Å². The summed E-state index contributed by atoms with van der Waals surface area (Å²) < 4.78 is 0. The fourth-order valence-electron chi connectivity index (χ4n) is 2.76. The number of H-pyrrole nitrogens is 1. The van der Waals surface area contributed by atoms with Gasteiger partial charge < -0.3 is 4.90 Å². The first-order chi connectivity index (χ1) is 9.31. The fourth-order valence-corrected chi connectivity index (χ4v) is 2.76. The van der Waals surface area contributed by atoms with Crippen LogP contribution >= 0.6 is 0 Å². The molecule has 0 aliphatic carbocycles. The molecule has 5 heteroatoms. The Kier molecular flexibility index (Phi) is 3.44. The van der Waals surface area contributed by atoms with Gasteiger partial charge in [0.15, 0.2) is 0 Å². The van der Waals surface area contributed by atoms with Gasteiger partial charge in [-0.15, -0.1) is 0 Å². The van der Waals surface area contributed by atoms with E-state index >= 15 is 0 Å². The maximum Gasteiger partial charge on any atom is 0.132 e. The van der Waals surface area contributed by atoms with Crippen LogP contribution in [0.2, 0.25) is 0 Å². The molecule has 0 radical (unpaired) electrons. The average molecular weight is 257 g/mol. The second-order valence-electron chi connectivity index (χ2n) is 5.26. The molecule has 1 aliphatic heterocycles. The van der Waals surface area contributed by atoms with Gasteiger partial charge in [-0.05, 0) is 38.2 Å². The van der Waals surface area contributed by atoms with E-state index in [1.807, 2.05) is 13.1 Å². The zero-order valence-electron chi connectivity index (χ0n) is 11.2. The Morgan fingerprint density at radius 2 is 2.37 bits per heavy atom. The van der Waals surface area contributed by atoms with Gasteiger partial charge in [0.2, 0.25) is 0 Å². The topological polar surface area (TPSA) is 57.7 Å². The van der Waals surface area contributed by atoms with Crippen LogP contribution in [-0.2, 0) is 6.42 Å². The lowest BCUT2D eigenvalue weighted by Crippen LogP contribution is -2.36. The number of aromatic amines is 1. The molecule has 0 unspecified atom stereocenters. The molecule has 19 heavy (non-hydrogen) atoms. The minimum Gasteiger partial charge on any atom is -0.356 e. The number of nitrogens with zero attached hydrogens (tertiary/aromatic N) is 4. The summed E-state index contributed by atoms with van der Waals surface area (Å²) in [6.07, 6.45) is 7.05. The lowest BCUT2D eigenvalue weighted by molar-refractivity contribution is 0.408. The zero-order valence-corrected chi connectivity index (χ0v) is 11.2. The summed E-state index contributed by atoms with van der Waals surface area (Å²) in [7, 11) is 0. The monoisotopic (exact) mass is 257 g/mol. The van der Waals surface area contributed by atoms with Gasteiger partial charge in [0.25, 0.3) is 0 Å². The predicted octanol–water partition coefficient (Wildman–Crippen LogP) is 1.97. The van der Waals surface area contributed by atoms with Crippen molar-refractivity contribution in [1.82, 2.24) is 20.2 Å². The SMILES string of the molecule is Cc1cc(N2CCC[C@H](Cc3ccn[nH]3)C2)ncn1. The van der Waals surface area contributed by atoms with Crippen molar-refractivity contribution in [3.05, 3.63) is 36.0 Å². The molecule has 1 saturated heterocycles. The minimum atomic E-state index is 0.671. The number of hydrogen-bond donors (Lipinski definition) is 1. The molecule has 2 aromatic rings. The van der Waals surface area contributed by atoms with Crippen molar-refractivity contribution in [2.24, 2.45) is 5.92 Å². The molecule has 1 atom stereocenters. The summed E-state index contributed by atoms with van der Waals surface area (Å²) in [5.41, 5.74) is 2.26. The molecular formula is C14H19N5. The number of aryl methyl sites for hydroxylation is 1. The third-order valence-electron chi connectivity index (χ3n) is 3.70. The Balaban J connectivity index is 1.67. The molecule has 3 heterocycles. The van der Waals surface area contributed by atoms with Crippen molar-refractivity contribution in [2.75, 3.05) is 18.0 Å². The highest BCUT2D eigenvalue weighted by atomic mass is 15.2. The maximum atomic E-state index is 4.39. The summed E-state index contributed by atoms with van der Waals surface area (Å²) >= 11 is 0. The molecule has 0 spiro atoms. The van der Waals surface area contributed by atoms with Gasteiger partial charge in [0.1, 0.15) is 12.1 Å². The van der Waals surface area contributed by atoms with Crippen LogP contribution in [0.5, 0.6) is 0 Å². The second-order valence-corrected chi connectivity index (χ2v) is 5.26. The molecule has 0 aromatic carbocycles. The highest BCUT2D eigenvalue weighted by Gasteiger charge is 2.21. The van der Waals surface area contributed by atoms with Crippen molar-refractivity contribution in [2.45, 2.75) is 26.2 Å². The maximum absolute atomic E-state index is 4.39. The Morgan fingerprint density at radius 1 is 1.42 bits per heavy atom. The number of hydrogen-bond acceptors (Lipinski definition) is 4. The number of aromatic nitrogens is 4. The third-order valence-corrected chi connectivity index (χ3v) is 3.70. The standard InChI is InChI=1S/C14H19N5/c1-11-7-14(16-10-15-11)19-6-2-3-12(9-19)8-13-4-5-17-18-13/h4-5,7,10,12H,2-3,6,8-9H2,1H3,(H,17,18)/t12-/m1/s1. The first-order valence-corrected chi connectivity index (χ1v) is 6.83. The third kappa shape index (κ3) is 2.92. The first-order valence-electron chi connectivity index (χ1n) is 6.83. The van der Waals surface area contributed by atoms with E-state index in [0.29, 0.717) is 5.92 Å². The van der Waals surface area contributed by atoms with E-state index in [-0.39, 0.29) is 0 Å². The molecule has 0 saturated carbocycles. The van der Waals surface area contributed by atoms with Gasteiger partial charge >= 0.3 is 0 Å². The van der Waals surface area contributed by atoms with Gasteiger partial charge in [-0.1, -0.05) is 0 Å². The van der Waals surface area contributed by atoms with Crippen molar-refractivity contribution >= 4 is 5.82 Å². The van der Waals surface area contributed by atoms with Crippen LogP contribution in [0.1, 0.15) is 24.2 Å². The molecule has 1 aliphatic rings. The van der Waals surface area contributed by atoms with Crippen LogP contribution in [0.3, 0.4) is 0 Å². The molecule has 0 amide bonds. The van der Waals surface area contributed by atoms with E-state index in [0.717, 1.165) is 31.0 Å². The van der Waals surface area contributed by atoms with Gasteiger partial charge in [0, 0.05) is 36.7 Å². The Labute approximate surface area is 113 Å². The van der Waals surface area contributed by atoms with E-state index in [1.54, 1.807) is 6.33 Å². The summed E-state index contributed by atoms with van der Waals surface area (Å²) in [5, 5.41) is 7.07. The average Bonchev–Trinajstić information content (AvgIpc) is 2.92. The Hall–Kier alpha value is -1.91. The molecule has 0 bridgehead atoms.